The van der Waals surface area contributed by atoms with Gasteiger partial charge in [0.2, 0.25) is 0 Å². The number of ether oxygens (including phenoxy) is 1. The fourth-order valence-electron chi connectivity index (χ4n) is 1.51. The highest BCUT2D eigenvalue weighted by atomic mass is 19.4. The first-order valence-electron chi connectivity index (χ1n) is 4.90. The SMILES string of the molecule is COc1c(C(F)(F)F)ccc(C(C)CO)c1O. The number of aliphatic hydroxyl groups is 1. The van der Waals surface area contributed by atoms with Crippen LogP contribution in [0.15, 0.2) is 12.1 Å². The Hall–Kier alpha value is -1.43. The fourth-order valence-corrected chi connectivity index (χ4v) is 1.51. The minimum atomic E-state index is -4.59. The van der Waals surface area contributed by atoms with E-state index >= 15 is 0 Å². The second kappa shape index (κ2) is 4.83. The molecule has 0 amide bonds. The quantitative estimate of drug-likeness (QED) is 0.866. The first kappa shape index (κ1) is 13.6. The average molecular weight is 250 g/mol. The molecule has 0 aliphatic heterocycles. The Kier molecular flexibility index (Phi) is 3.87. The van der Waals surface area contributed by atoms with E-state index in [2.05, 4.69) is 4.74 Å². The van der Waals surface area contributed by atoms with Crippen LogP contribution in [-0.2, 0) is 6.18 Å². The van der Waals surface area contributed by atoms with Crippen molar-refractivity contribution in [2.24, 2.45) is 0 Å². The fraction of sp³-hybridized carbons (Fsp3) is 0.455. The molecular formula is C11H13F3O3. The third-order valence-corrected chi connectivity index (χ3v) is 2.48. The molecule has 0 aliphatic rings. The van der Waals surface area contributed by atoms with E-state index in [0.29, 0.717) is 0 Å². The Bertz CT molecular complexity index is 402. The Morgan fingerprint density at radius 2 is 1.94 bits per heavy atom. The maximum absolute atomic E-state index is 12.6. The van der Waals surface area contributed by atoms with Crippen LogP contribution in [-0.4, -0.2) is 23.9 Å². The molecule has 0 radical (unpaired) electrons. The highest BCUT2D eigenvalue weighted by Crippen LogP contribution is 2.44. The summed E-state index contributed by atoms with van der Waals surface area (Å²) in [6, 6.07) is 1.97. The summed E-state index contributed by atoms with van der Waals surface area (Å²) in [5.41, 5.74) is -0.816. The number of alkyl halides is 3. The second-order valence-electron chi connectivity index (χ2n) is 3.67. The van der Waals surface area contributed by atoms with Crippen LogP contribution < -0.4 is 4.74 Å². The van der Waals surface area contributed by atoms with Gasteiger partial charge in [0.05, 0.1) is 7.11 Å². The van der Waals surface area contributed by atoms with Crippen LogP contribution in [0.4, 0.5) is 13.2 Å². The van der Waals surface area contributed by atoms with Gasteiger partial charge >= 0.3 is 6.18 Å². The van der Waals surface area contributed by atoms with E-state index in [9.17, 15) is 18.3 Å². The lowest BCUT2D eigenvalue weighted by Crippen LogP contribution is -2.09. The van der Waals surface area contributed by atoms with Crippen LogP contribution in [0.3, 0.4) is 0 Å². The molecule has 0 aromatic heterocycles. The molecule has 1 aromatic rings. The van der Waals surface area contributed by atoms with Crippen LogP contribution in [0.5, 0.6) is 11.5 Å². The lowest BCUT2D eigenvalue weighted by molar-refractivity contribution is -0.138. The molecule has 17 heavy (non-hydrogen) atoms. The standard InChI is InChI=1S/C11H13F3O3/c1-6(5-15)7-3-4-8(11(12,13)14)10(17-2)9(7)16/h3-4,6,15-16H,5H2,1-2H3. The Balaban J connectivity index is 3.37. The van der Waals surface area contributed by atoms with Crippen LogP contribution in [0.2, 0.25) is 0 Å². The van der Waals surface area contributed by atoms with Crippen molar-refractivity contribution < 1.29 is 28.1 Å². The third-order valence-electron chi connectivity index (χ3n) is 2.48. The van der Waals surface area contributed by atoms with Crippen molar-refractivity contribution in [3.63, 3.8) is 0 Å². The van der Waals surface area contributed by atoms with Gasteiger partial charge in [-0.3, -0.25) is 0 Å². The number of hydrogen-bond donors (Lipinski definition) is 2. The summed E-state index contributed by atoms with van der Waals surface area (Å²) in [6.45, 7) is 1.31. The van der Waals surface area contributed by atoms with Gasteiger partial charge < -0.3 is 14.9 Å². The molecule has 0 saturated heterocycles. The predicted molar refractivity (Wildman–Crippen MR) is 55.2 cm³/mol. The zero-order chi connectivity index (χ0) is 13.2. The number of benzene rings is 1. The second-order valence-corrected chi connectivity index (χ2v) is 3.67. The monoisotopic (exact) mass is 250 g/mol. The van der Waals surface area contributed by atoms with Gasteiger partial charge in [-0.05, 0) is 6.07 Å². The molecular weight excluding hydrogens is 237 g/mol. The van der Waals surface area contributed by atoms with E-state index in [1.54, 1.807) is 6.92 Å². The van der Waals surface area contributed by atoms with Crippen LogP contribution in [0.25, 0.3) is 0 Å². The van der Waals surface area contributed by atoms with E-state index in [0.717, 1.165) is 19.2 Å². The molecule has 6 heteroatoms. The van der Waals surface area contributed by atoms with Gasteiger partial charge in [-0.1, -0.05) is 13.0 Å². The van der Waals surface area contributed by atoms with E-state index in [1.165, 1.54) is 0 Å². The zero-order valence-corrected chi connectivity index (χ0v) is 9.38. The summed E-state index contributed by atoms with van der Waals surface area (Å²) >= 11 is 0. The van der Waals surface area contributed by atoms with Crippen molar-refractivity contribution in [1.29, 1.82) is 0 Å². The van der Waals surface area contributed by atoms with E-state index in [-0.39, 0.29) is 12.2 Å². The Morgan fingerprint density at radius 1 is 1.35 bits per heavy atom. The molecule has 0 saturated carbocycles. The zero-order valence-electron chi connectivity index (χ0n) is 9.38. The minimum Gasteiger partial charge on any atom is -0.504 e. The number of hydrogen-bond acceptors (Lipinski definition) is 3. The molecule has 0 spiro atoms. The number of phenols is 1. The number of aliphatic hydroxyl groups excluding tert-OH is 1. The Labute approximate surface area is 96.5 Å². The van der Waals surface area contributed by atoms with Gasteiger partial charge in [-0.25, -0.2) is 0 Å². The summed E-state index contributed by atoms with van der Waals surface area (Å²) in [5, 5.41) is 18.6. The predicted octanol–water partition coefficient (Wildman–Crippen LogP) is 2.52. The lowest BCUT2D eigenvalue weighted by Gasteiger charge is -2.17. The number of phenolic OH excluding ortho intramolecular Hbond substituents is 1. The summed E-state index contributed by atoms with van der Waals surface area (Å²) in [5.74, 6) is -1.66. The highest BCUT2D eigenvalue weighted by Gasteiger charge is 2.36. The molecule has 0 heterocycles. The van der Waals surface area contributed by atoms with Crippen LogP contribution in [0, 0.1) is 0 Å². The molecule has 3 nitrogen and oxygen atoms in total. The van der Waals surface area contributed by atoms with Gasteiger partial charge in [0, 0.05) is 18.1 Å². The van der Waals surface area contributed by atoms with Crippen molar-refractivity contribution in [1.82, 2.24) is 0 Å². The average Bonchev–Trinajstić information content (AvgIpc) is 2.26. The number of aromatic hydroxyl groups is 1. The maximum Gasteiger partial charge on any atom is 0.420 e. The molecule has 1 rings (SSSR count). The van der Waals surface area contributed by atoms with Gasteiger partial charge in [0.15, 0.2) is 11.5 Å². The Morgan fingerprint density at radius 3 is 2.35 bits per heavy atom. The topological polar surface area (TPSA) is 49.7 Å². The molecule has 0 aliphatic carbocycles. The summed E-state index contributed by atoms with van der Waals surface area (Å²) in [4.78, 5) is 0. The molecule has 0 fully saturated rings. The summed E-state index contributed by atoms with van der Waals surface area (Å²) < 4.78 is 42.4. The largest absolute Gasteiger partial charge is 0.504 e. The van der Waals surface area contributed by atoms with Gasteiger partial charge in [-0.15, -0.1) is 0 Å². The van der Waals surface area contributed by atoms with Gasteiger partial charge in [-0.2, -0.15) is 13.2 Å². The molecule has 2 N–H and O–H groups in total. The minimum absolute atomic E-state index is 0.220. The van der Waals surface area contributed by atoms with E-state index in [1.807, 2.05) is 0 Å². The van der Waals surface area contributed by atoms with E-state index < -0.39 is 29.2 Å². The smallest absolute Gasteiger partial charge is 0.420 e. The van der Waals surface area contributed by atoms with Crippen molar-refractivity contribution in [3.05, 3.63) is 23.3 Å². The van der Waals surface area contributed by atoms with Gasteiger partial charge in [0.25, 0.3) is 0 Å². The van der Waals surface area contributed by atoms with E-state index in [4.69, 9.17) is 5.11 Å². The molecule has 1 atom stereocenters. The van der Waals surface area contributed by atoms with Crippen molar-refractivity contribution >= 4 is 0 Å². The molecule has 0 bridgehead atoms. The van der Waals surface area contributed by atoms with Gasteiger partial charge in [0.1, 0.15) is 5.56 Å². The van der Waals surface area contributed by atoms with Crippen molar-refractivity contribution in [2.75, 3.05) is 13.7 Å². The number of halogens is 3. The van der Waals surface area contributed by atoms with Crippen LogP contribution in [0.1, 0.15) is 24.0 Å². The normalized spacial score (nSPS) is 13.5. The highest BCUT2D eigenvalue weighted by molar-refractivity contribution is 5.53. The number of methoxy groups -OCH3 is 1. The first-order valence-corrected chi connectivity index (χ1v) is 4.90. The summed E-state index contributed by atoms with van der Waals surface area (Å²) in [6.07, 6.45) is -4.59. The molecule has 1 unspecified atom stereocenters. The molecule has 1 aromatic carbocycles. The first-order chi connectivity index (χ1) is 7.82. The molecule has 96 valence electrons. The van der Waals surface area contributed by atoms with Crippen LogP contribution >= 0.6 is 0 Å². The van der Waals surface area contributed by atoms with Crippen molar-refractivity contribution in [2.45, 2.75) is 19.0 Å². The summed E-state index contributed by atoms with van der Waals surface area (Å²) in [7, 11) is 1.05. The van der Waals surface area contributed by atoms with Crippen molar-refractivity contribution in [3.8, 4) is 11.5 Å². The number of rotatable bonds is 3. The lowest BCUT2D eigenvalue weighted by atomic mass is 9.98. The third kappa shape index (κ3) is 2.63. The maximum atomic E-state index is 12.6.